The van der Waals surface area contributed by atoms with E-state index in [1.54, 1.807) is 18.2 Å². The first-order chi connectivity index (χ1) is 6.50. The molecule has 1 rings (SSSR count). The first-order valence-corrected chi connectivity index (χ1v) is 5.31. The molecule has 0 amide bonds. The third-order valence-corrected chi connectivity index (χ3v) is 2.62. The fourth-order valence-electron chi connectivity index (χ4n) is 0.812. The molecule has 14 heavy (non-hydrogen) atoms. The van der Waals surface area contributed by atoms with Gasteiger partial charge in [-0.2, -0.15) is 0 Å². The van der Waals surface area contributed by atoms with Crippen LogP contribution >= 0.6 is 34.2 Å². The summed E-state index contributed by atoms with van der Waals surface area (Å²) in [6.45, 7) is 1.48. The molecular weight excluding hydrogens is 318 g/mol. The minimum absolute atomic E-state index is 0.532. The Morgan fingerprint density at radius 1 is 1.64 bits per heavy atom. The molecule has 0 aliphatic carbocycles. The van der Waals surface area contributed by atoms with Crippen molar-refractivity contribution in [3.05, 3.63) is 26.8 Å². The fraction of sp³-hybridized carbons (Fsp3) is 0.222. The Balaban J connectivity index is 2.82. The van der Waals surface area contributed by atoms with Crippen molar-refractivity contribution < 1.29 is 14.6 Å². The van der Waals surface area contributed by atoms with E-state index in [9.17, 15) is 4.79 Å². The predicted molar refractivity (Wildman–Crippen MR) is 61.9 cm³/mol. The molecule has 1 aromatic carbocycles. The smallest absolute Gasteiger partial charge is 0.344 e. The lowest BCUT2D eigenvalue weighted by molar-refractivity contribution is -0.144. The summed E-state index contributed by atoms with van der Waals surface area (Å²) < 4.78 is 5.99. The summed E-state index contributed by atoms with van der Waals surface area (Å²) in [5, 5.41) is 9.24. The molecule has 0 bridgehead atoms. The highest BCUT2D eigenvalue weighted by Crippen LogP contribution is 2.25. The van der Waals surface area contributed by atoms with Crippen LogP contribution in [0.25, 0.3) is 0 Å². The molecule has 76 valence electrons. The van der Waals surface area contributed by atoms with Gasteiger partial charge in [-0.15, -0.1) is 0 Å². The SMILES string of the molecule is CC(Oc1ccc(Cl)cc1I)C(=O)O. The summed E-state index contributed by atoms with van der Waals surface area (Å²) >= 11 is 7.78. The van der Waals surface area contributed by atoms with E-state index in [4.69, 9.17) is 21.4 Å². The molecule has 0 aliphatic rings. The number of benzene rings is 1. The van der Waals surface area contributed by atoms with Gasteiger partial charge in [0.2, 0.25) is 0 Å². The molecule has 0 radical (unpaired) electrons. The second-order valence-corrected chi connectivity index (χ2v) is 4.27. The third-order valence-electron chi connectivity index (χ3n) is 1.55. The van der Waals surface area contributed by atoms with Gasteiger partial charge in [0.1, 0.15) is 5.75 Å². The molecule has 1 unspecified atom stereocenters. The summed E-state index contributed by atoms with van der Waals surface area (Å²) in [6.07, 6.45) is -0.857. The van der Waals surface area contributed by atoms with Gasteiger partial charge in [0.05, 0.1) is 3.57 Å². The van der Waals surface area contributed by atoms with Gasteiger partial charge < -0.3 is 9.84 Å². The number of carboxylic acids is 1. The monoisotopic (exact) mass is 326 g/mol. The van der Waals surface area contributed by atoms with Gasteiger partial charge in [-0.1, -0.05) is 11.6 Å². The lowest BCUT2D eigenvalue weighted by Gasteiger charge is -2.11. The number of halogens is 2. The van der Waals surface area contributed by atoms with Crippen LogP contribution in [0.5, 0.6) is 5.75 Å². The third kappa shape index (κ3) is 3.02. The number of rotatable bonds is 3. The number of carbonyl (C=O) groups is 1. The minimum atomic E-state index is -0.990. The Kier molecular flexibility index (Phi) is 4.00. The van der Waals surface area contributed by atoms with Crippen LogP contribution in [0.2, 0.25) is 5.02 Å². The summed E-state index contributed by atoms with van der Waals surface area (Å²) in [6, 6.07) is 5.03. The maximum atomic E-state index is 10.5. The van der Waals surface area contributed by atoms with Crippen molar-refractivity contribution in [2.75, 3.05) is 0 Å². The van der Waals surface area contributed by atoms with Gasteiger partial charge in [0.25, 0.3) is 0 Å². The summed E-state index contributed by atoms with van der Waals surface area (Å²) in [5.41, 5.74) is 0. The lowest BCUT2D eigenvalue weighted by atomic mass is 10.3. The average molecular weight is 327 g/mol. The average Bonchev–Trinajstić information content (AvgIpc) is 2.09. The zero-order valence-corrected chi connectivity index (χ0v) is 10.2. The molecule has 0 fully saturated rings. The Morgan fingerprint density at radius 3 is 2.79 bits per heavy atom. The molecule has 1 N–H and O–H groups in total. The van der Waals surface area contributed by atoms with Crippen molar-refractivity contribution in [3.63, 3.8) is 0 Å². The van der Waals surface area contributed by atoms with Gasteiger partial charge in [-0.25, -0.2) is 4.79 Å². The normalized spacial score (nSPS) is 12.2. The van der Waals surface area contributed by atoms with E-state index < -0.39 is 12.1 Å². The van der Waals surface area contributed by atoms with Crippen molar-refractivity contribution in [3.8, 4) is 5.75 Å². The van der Waals surface area contributed by atoms with Gasteiger partial charge in [-0.3, -0.25) is 0 Å². The number of hydrogen-bond acceptors (Lipinski definition) is 2. The molecule has 0 spiro atoms. The molecule has 0 aromatic heterocycles. The predicted octanol–water partition coefficient (Wildman–Crippen LogP) is 2.80. The highest BCUT2D eigenvalue weighted by Gasteiger charge is 2.13. The van der Waals surface area contributed by atoms with E-state index in [1.807, 2.05) is 22.6 Å². The van der Waals surface area contributed by atoms with Gasteiger partial charge >= 0.3 is 5.97 Å². The van der Waals surface area contributed by atoms with E-state index in [2.05, 4.69) is 0 Å². The molecular formula is C9H8ClIO3. The lowest BCUT2D eigenvalue weighted by Crippen LogP contribution is -2.23. The van der Waals surface area contributed by atoms with Crippen LogP contribution in [0, 0.1) is 3.57 Å². The summed E-state index contributed by atoms with van der Waals surface area (Å²) in [4.78, 5) is 10.5. The van der Waals surface area contributed by atoms with E-state index >= 15 is 0 Å². The van der Waals surface area contributed by atoms with E-state index in [0.29, 0.717) is 10.8 Å². The van der Waals surface area contributed by atoms with Crippen LogP contribution in [0.15, 0.2) is 18.2 Å². The van der Waals surface area contributed by atoms with E-state index in [1.165, 1.54) is 6.92 Å². The molecule has 0 saturated heterocycles. The molecule has 0 heterocycles. The Morgan fingerprint density at radius 2 is 2.29 bits per heavy atom. The van der Waals surface area contributed by atoms with Crippen molar-refractivity contribution in [2.24, 2.45) is 0 Å². The number of aliphatic carboxylic acids is 1. The highest BCUT2D eigenvalue weighted by molar-refractivity contribution is 14.1. The Bertz CT molecular complexity index is 354. The fourth-order valence-corrected chi connectivity index (χ4v) is 1.81. The van der Waals surface area contributed by atoms with Crippen LogP contribution in [0.4, 0.5) is 0 Å². The van der Waals surface area contributed by atoms with Crippen LogP contribution in [0.1, 0.15) is 6.92 Å². The van der Waals surface area contributed by atoms with Crippen LogP contribution in [0.3, 0.4) is 0 Å². The van der Waals surface area contributed by atoms with Gasteiger partial charge in [-0.05, 0) is 47.7 Å². The summed E-state index contributed by atoms with van der Waals surface area (Å²) in [5.74, 6) is -0.458. The van der Waals surface area contributed by atoms with Crippen molar-refractivity contribution >= 4 is 40.2 Å². The van der Waals surface area contributed by atoms with Crippen molar-refractivity contribution in [2.45, 2.75) is 13.0 Å². The van der Waals surface area contributed by atoms with Crippen LogP contribution in [-0.4, -0.2) is 17.2 Å². The summed E-state index contributed by atoms with van der Waals surface area (Å²) in [7, 11) is 0. The van der Waals surface area contributed by atoms with Crippen LogP contribution < -0.4 is 4.74 Å². The van der Waals surface area contributed by atoms with E-state index in [0.717, 1.165) is 3.57 Å². The maximum Gasteiger partial charge on any atom is 0.344 e. The second kappa shape index (κ2) is 4.84. The molecule has 1 atom stereocenters. The second-order valence-electron chi connectivity index (χ2n) is 2.67. The first-order valence-electron chi connectivity index (χ1n) is 3.85. The molecule has 1 aromatic rings. The van der Waals surface area contributed by atoms with Crippen LogP contribution in [-0.2, 0) is 4.79 Å². The zero-order chi connectivity index (χ0) is 10.7. The molecule has 5 heteroatoms. The number of hydrogen-bond donors (Lipinski definition) is 1. The molecule has 0 aliphatic heterocycles. The van der Waals surface area contributed by atoms with Crippen molar-refractivity contribution in [1.82, 2.24) is 0 Å². The minimum Gasteiger partial charge on any atom is -0.479 e. The quantitative estimate of drug-likeness (QED) is 0.869. The van der Waals surface area contributed by atoms with E-state index in [-0.39, 0.29) is 0 Å². The maximum absolute atomic E-state index is 10.5. The molecule has 0 saturated carbocycles. The number of carboxylic acid groups (broad SMARTS) is 1. The first kappa shape index (κ1) is 11.6. The van der Waals surface area contributed by atoms with Gasteiger partial charge in [0, 0.05) is 5.02 Å². The van der Waals surface area contributed by atoms with Crippen molar-refractivity contribution in [1.29, 1.82) is 0 Å². The van der Waals surface area contributed by atoms with Gasteiger partial charge in [0.15, 0.2) is 6.10 Å². The largest absolute Gasteiger partial charge is 0.479 e. The topological polar surface area (TPSA) is 46.5 Å². The Labute approximate surface area is 100 Å². The molecule has 3 nitrogen and oxygen atoms in total. The Hall–Kier alpha value is -0.490. The standard InChI is InChI=1S/C9H8ClIO3/c1-5(9(12)13)14-8-3-2-6(10)4-7(8)11/h2-5H,1H3,(H,12,13). The zero-order valence-electron chi connectivity index (χ0n) is 7.33. The highest BCUT2D eigenvalue weighted by atomic mass is 127. The number of ether oxygens (including phenoxy) is 1.